The molecule has 0 bridgehead atoms. The van der Waals surface area contributed by atoms with E-state index >= 15 is 0 Å². The number of nitrogens with zero attached hydrogens (tertiary/aromatic N) is 2. The highest BCUT2D eigenvalue weighted by Gasteiger charge is 2.22. The number of aromatic nitrogens is 1. The highest BCUT2D eigenvalue weighted by molar-refractivity contribution is 9.10. The zero-order chi connectivity index (χ0) is 17.1. The normalized spacial score (nSPS) is 12.0. The van der Waals surface area contributed by atoms with Crippen LogP contribution in [0.4, 0.5) is 5.69 Å². The molecule has 10 heteroatoms. The maximum atomic E-state index is 11.6. The number of benzene rings is 1. The van der Waals surface area contributed by atoms with Crippen molar-refractivity contribution < 1.29 is 14.2 Å². The molecule has 1 atom stereocenters. The molecule has 1 unspecified atom stereocenters. The van der Waals surface area contributed by atoms with E-state index in [2.05, 4.69) is 20.9 Å². The Morgan fingerprint density at radius 2 is 2.13 bits per heavy atom. The van der Waals surface area contributed by atoms with Crippen molar-refractivity contribution in [3.8, 4) is 11.6 Å². The van der Waals surface area contributed by atoms with Crippen LogP contribution in [0.2, 0.25) is 5.02 Å². The lowest BCUT2D eigenvalue weighted by Crippen LogP contribution is -2.07. The molecule has 1 aromatic carbocycles. The third-order valence-corrected chi connectivity index (χ3v) is 5.16. The summed E-state index contributed by atoms with van der Waals surface area (Å²) in [6.45, 7) is 1.82. The van der Waals surface area contributed by atoms with E-state index in [0.29, 0.717) is 27.2 Å². The van der Waals surface area contributed by atoms with Crippen LogP contribution >= 0.6 is 45.9 Å². The lowest BCUT2D eigenvalue weighted by Gasteiger charge is -2.12. The summed E-state index contributed by atoms with van der Waals surface area (Å²) in [7, 11) is -2.79. The molecule has 6 nitrogen and oxygen atoms in total. The first-order chi connectivity index (χ1) is 10.8. The van der Waals surface area contributed by atoms with Gasteiger partial charge < -0.3 is 9.30 Å². The van der Waals surface area contributed by atoms with Crippen molar-refractivity contribution >= 4 is 56.9 Å². The molecule has 0 radical (unpaired) electrons. The molecule has 0 aliphatic rings. The van der Waals surface area contributed by atoms with Crippen LogP contribution in [-0.4, -0.2) is 9.91 Å². The molecule has 122 valence electrons. The topological polar surface area (TPSA) is 82.3 Å². The van der Waals surface area contributed by atoms with Gasteiger partial charge in [0.1, 0.15) is 11.1 Å². The second kappa shape index (κ2) is 7.62. The zero-order valence-electron chi connectivity index (χ0n) is 11.7. The average molecular weight is 440 g/mol. The first kappa shape index (κ1) is 18.2. The minimum absolute atomic E-state index is 0.0565. The van der Waals surface area contributed by atoms with Gasteiger partial charge in [0, 0.05) is 17.8 Å². The molecule has 0 spiro atoms. The van der Waals surface area contributed by atoms with Crippen LogP contribution in [-0.2, 0) is 11.0 Å². The molecule has 2 aromatic rings. The fourth-order valence-electron chi connectivity index (χ4n) is 1.87. The Hall–Kier alpha value is -1.14. The average Bonchev–Trinajstić information content (AvgIpc) is 2.49. The highest BCUT2D eigenvalue weighted by Crippen LogP contribution is 2.37. The highest BCUT2D eigenvalue weighted by atomic mass is 79.9. The number of nitro benzene ring substituents is 1. The molecule has 23 heavy (non-hydrogen) atoms. The van der Waals surface area contributed by atoms with E-state index in [0.717, 1.165) is 0 Å². The number of hydrogen-bond acceptors (Lipinski definition) is 5. The summed E-state index contributed by atoms with van der Waals surface area (Å²) in [5, 5.41) is 11.5. The van der Waals surface area contributed by atoms with Crippen molar-refractivity contribution in [2.75, 3.05) is 0 Å². The van der Waals surface area contributed by atoms with Gasteiger partial charge in [0.15, 0.2) is 7.15 Å². The Kier molecular flexibility index (Phi) is 6.03. The number of halogens is 3. The molecular weight excluding hydrogens is 430 g/mol. The fourth-order valence-corrected chi connectivity index (χ4v) is 3.66. The molecular formula is C13H10BrCl2N2O4P. The van der Waals surface area contributed by atoms with E-state index in [4.69, 9.17) is 27.6 Å². The van der Waals surface area contributed by atoms with E-state index in [1.807, 2.05) is 6.92 Å². The summed E-state index contributed by atoms with van der Waals surface area (Å²) in [5.74, 6) is 0.542. The Bertz CT molecular complexity index is 804. The lowest BCUT2D eigenvalue weighted by molar-refractivity contribution is -0.383. The van der Waals surface area contributed by atoms with Crippen LogP contribution in [0.5, 0.6) is 11.6 Å². The summed E-state index contributed by atoms with van der Waals surface area (Å²) >= 11 is 14.7. The van der Waals surface area contributed by atoms with Gasteiger partial charge in [-0.3, -0.25) is 10.1 Å². The van der Waals surface area contributed by atoms with Gasteiger partial charge in [-0.15, -0.1) is 0 Å². The molecule has 0 aliphatic heterocycles. The van der Waals surface area contributed by atoms with E-state index in [-0.39, 0.29) is 16.9 Å². The van der Waals surface area contributed by atoms with E-state index < -0.39 is 12.1 Å². The molecule has 2 rings (SSSR count). The van der Waals surface area contributed by atoms with Crippen molar-refractivity contribution in [2.24, 2.45) is 0 Å². The summed E-state index contributed by atoms with van der Waals surface area (Å²) in [5.41, 5.74) is 0.292. The molecule has 0 saturated heterocycles. The lowest BCUT2D eigenvalue weighted by atomic mass is 10.1. The number of rotatable bonds is 5. The first-order valence-electron chi connectivity index (χ1n) is 6.33. The van der Waals surface area contributed by atoms with Crippen LogP contribution in [0.3, 0.4) is 0 Å². The second-order valence-corrected chi connectivity index (χ2v) is 7.81. The molecule has 0 saturated carbocycles. The standard InChI is InChI=1S/C13H10BrCl2N2O4P/c1-2-7-3-10(18(19)20)12(23(16)21)5-11(7)22-13-9(14)4-8(15)6-17-13/h3-6,23H,2H2,1H3. The van der Waals surface area contributed by atoms with Crippen molar-refractivity contribution in [1.82, 2.24) is 4.98 Å². The van der Waals surface area contributed by atoms with Crippen LogP contribution in [0.1, 0.15) is 12.5 Å². The third kappa shape index (κ3) is 4.23. The smallest absolute Gasteiger partial charge is 0.281 e. The van der Waals surface area contributed by atoms with Gasteiger partial charge >= 0.3 is 0 Å². The predicted molar refractivity (Wildman–Crippen MR) is 94.0 cm³/mol. The number of pyridine rings is 1. The molecule has 0 N–H and O–H groups in total. The largest absolute Gasteiger partial charge is 0.438 e. The quantitative estimate of drug-likeness (QED) is 0.367. The van der Waals surface area contributed by atoms with E-state index in [1.165, 1.54) is 18.3 Å². The zero-order valence-corrected chi connectivity index (χ0v) is 15.8. The van der Waals surface area contributed by atoms with Crippen LogP contribution < -0.4 is 10.0 Å². The molecule has 1 heterocycles. The minimum atomic E-state index is -2.79. The van der Waals surface area contributed by atoms with Gasteiger partial charge in [-0.2, -0.15) is 0 Å². The van der Waals surface area contributed by atoms with Gasteiger partial charge in [0.2, 0.25) is 5.88 Å². The second-order valence-electron chi connectivity index (χ2n) is 4.40. The van der Waals surface area contributed by atoms with Crippen molar-refractivity contribution in [3.05, 3.63) is 49.6 Å². The van der Waals surface area contributed by atoms with Crippen molar-refractivity contribution in [1.29, 1.82) is 0 Å². The predicted octanol–water partition coefficient (Wildman–Crippen LogP) is 5.10. The Labute approximate surface area is 150 Å². The number of nitro groups is 1. The van der Waals surface area contributed by atoms with Gasteiger partial charge in [-0.25, -0.2) is 4.98 Å². The summed E-state index contributed by atoms with van der Waals surface area (Å²) in [4.78, 5) is 14.5. The maximum absolute atomic E-state index is 11.6. The summed E-state index contributed by atoms with van der Waals surface area (Å²) < 4.78 is 17.8. The van der Waals surface area contributed by atoms with Gasteiger partial charge in [-0.05, 0) is 34.5 Å². The Morgan fingerprint density at radius 1 is 1.43 bits per heavy atom. The summed E-state index contributed by atoms with van der Waals surface area (Å²) in [6.07, 6.45) is 1.88. The van der Waals surface area contributed by atoms with Crippen molar-refractivity contribution in [3.63, 3.8) is 0 Å². The number of ether oxygens (including phenoxy) is 1. The SMILES string of the molecule is CCc1cc([N+](=O)[O-])c([PH](=O)Cl)cc1Oc1ncc(Cl)cc1Br. The van der Waals surface area contributed by atoms with Gasteiger partial charge in [-0.1, -0.05) is 29.8 Å². The number of hydrogen-bond donors (Lipinski definition) is 0. The van der Waals surface area contributed by atoms with Crippen LogP contribution in [0.25, 0.3) is 0 Å². The van der Waals surface area contributed by atoms with Crippen LogP contribution in [0, 0.1) is 10.1 Å². The summed E-state index contributed by atoms with van der Waals surface area (Å²) in [6, 6.07) is 4.25. The molecule has 1 aromatic heterocycles. The van der Waals surface area contributed by atoms with E-state index in [1.54, 1.807) is 6.07 Å². The van der Waals surface area contributed by atoms with Crippen molar-refractivity contribution in [2.45, 2.75) is 13.3 Å². The third-order valence-electron chi connectivity index (χ3n) is 2.95. The Balaban J connectivity index is 2.55. The Morgan fingerprint density at radius 3 is 2.65 bits per heavy atom. The van der Waals surface area contributed by atoms with Crippen LogP contribution in [0.15, 0.2) is 28.9 Å². The van der Waals surface area contributed by atoms with Gasteiger partial charge in [0.05, 0.1) is 14.4 Å². The van der Waals surface area contributed by atoms with E-state index in [9.17, 15) is 14.7 Å². The van der Waals surface area contributed by atoms with Gasteiger partial charge in [0.25, 0.3) is 5.69 Å². The first-order valence-corrected chi connectivity index (χ1v) is 9.92. The minimum Gasteiger partial charge on any atom is -0.438 e. The monoisotopic (exact) mass is 438 g/mol. The molecule has 0 aliphatic carbocycles. The molecule has 0 fully saturated rings. The fraction of sp³-hybridized carbons (Fsp3) is 0.154. The molecule has 0 amide bonds. The number of aryl methyl sites for hydroxylation is 1. The maximum Gasteiger partial charge on any atom is 0.281 e.